The fourth-order valence-corrected chi connectivity index (χ4v) is 3.64. The predicted octanol–water partition coefficient (Wildman–Crippen LogP) is 2.53. The fourth-order valence-electron chi connectivity index (χ4n) is 3.64. The molecular formula is C18H28N4O2. The minimum absolute atomic E-state index is 0.0140. The third-order valence-corrected chi connectivity index (χ3v) is 4.82. The van der Waals surface area contributed by atoms with Crippen molar-refractivity contribution in [3.63, 3.8) is 0 Å². The molecule has 1 saturated heterocycles. The van der Waals surface area contributed by atoms with Gasteiger partial charge in [0, 0.05) is 32.5 Å². The summed E-state index contributed by atoms with van der Waals surface area (Å²) in [6.45, 7) is 7.69. The van der Waals surface area contributed by atoms with E-state index in [0.717, 1.165) is 62.7 Å². The van der Waals surface area contributed by atoms with Gasteiger partial charge in [-0.15, -0.1) is 0 Å². The lowest BCUT2D eigenvalue weighted by molar-refractivity contribution is 0.180. The van der Waals surface area contributed by atoms with Crippen LogP contribution < -0.4 is 5.69 Å². The number of aromatic nitrogens is 3. The number of furan rings is 1. The molecule has 1 atom stereocenters. The van der Waals surface area contributed by atoms with Gasteiger partial charge in [-0.3, -0.25) is 9.47 Å². The summed E-state index contributed by atoms with van der Waals surface area (Å²) in [5.74, 6) is 3.36. The van der Waals surface area contributed by atoms with Crippen LogP contribution in [0.3, 0.4) is 0 Å². The quantitative estimate of drug-likeness (QED) is 0.816. The summed E-state index contributed by atoms with van der Waals surface area (Å²) in [7, 11) is 1.73. The number of piperidine rings is 1. The first-order valence-corrected chi connectivity index (χ1v) is 9.06. The molecule has 24 heavy (non-hydrogen) atoms. The molecule has 6 nitrogen and oxygen atoms in total. The number of hydrogen-bond acceptors (Lipinski definition) is 4. The maximum Gasteiger partial charge on any atom is 0.345 e. The lowest BCUT2D eigenvalue weighted by Gasteiger charge is -2.31. The van der Waals surface area contributed by atoms with Crippen LogP contribution in [-0.2, 0) is 26.6 Å². The molecule has 1 aliphatic rings. The van der Waals surface area contributed by atoms with E-state index in [0.29, 0.717) is 12.5 Å². The number of rotatable bonds is 6. The van der Waals surface area contributed by atoms with Crippen LogP contribution in [0.4, 0.5) is 0 Å². The molecule has 0 aliphatic carbocycles. The van der Waals surface area contributed by atoms with Gasteiger partial charge in [0.1, 0.15) is 17.3 Å². The first-order valence-electron chi connectivity index (χ1n) is 9.06. The van der Waals surface area contributed by atoms with Gasteiger partial charge in [-0.05, 0) is 44.9 Å². The lowest BCUT2D eigenvalue weighted by atomic mass is 9.97. The van der Waals surface area contributed by atoms with Crippen LogP contribution in [0, 0.1) is 0 Å². The number of hydrogen-bond donors (Lipinski definition) is 0. The van der Waals surface area contributed by atoms with Crippen molar-refractivity contribution in [2.75, 3.05) is 13.1 Å². The second kappa shape index (κ2) is 7.38. The van der Waals surface area contributed by atoms with Gasteiger partial charge in [0.15, 0.2) is 0 Å². The Kier molecular flexibility index (Phi) is 5.23. The van der Waals surface area contributed by atoms with Crippen LogP contribution in [0.1, 0.15) is 56.4 Å². The van der Waals surface area contributed by atoms with E-state index in [2.05, 4.69) is 29.1 Å². The molecule has 1 unspecified atom stereocenters. The lowest BCUT2D eigenvalue weighted by Crippen LogP contribution is -2.35. The molecule has 3 heterocycles. The molecule has 2 aromatic heterocycles. The van der Waals surface area contributed by atoms with Crippen LogP contribution in [0.5, 0.6) is 0 Å². The molecule has 132 valence electrons. The van der Waals surface area contributed by atoms with Crippen molar-refractivity contribution >= 4 is 0 Å². The molecule has 6 heteroatoms. The molecule has 0 radical (unpaired) electrons. The van der Waals surface area contributed by atoms with Crippen molar-refractivity contribution in [3.8, 4) is 0 Å². The highest BCUT2D eigenvalue weighted by molar-refractivity contribution is 5.08. The van der Waals surface area contributed by atoms with Crippen LogP contribution in [0.25, 0.3) is 0 Å². The molecule has 1 aliphatic heterocycles. The smallest absolute Gasteiger partial charge is 0.345 e. The minimum Gasteiger partial charge on any atom is -0.465 e. The molecule has 1 fully saturated rings. The largest absolute Gasteiger partial charge is 0.465 e. The van der Waals surface area contributed by atoms with Crippen LogP contribution in [0.15, 0.2) is 21.3 Å². The highest BCUT2D eigenvalue weighted by Gasteiger charge is 2.27. The van der Waals surface area contributed by atoms with E-state index in [1.54, 1.807) is 11.6 Å². The average Bonchev–Trinajstić information content (AvgIpc) is 3.13. The van der Waals surface area contributed by atoms with Gasteiger partial charge in [0.2, 0.25) is 0 Å². The van der Waals surface area contributed by atoms with Gasteiger partial charge in [0.05, 0.1) is 6.54 Å². The highest BCUT2D eigenvalue weighted by atomic mass is 16.3. The fraction of sp³-hybridized carbons (Fsp3) is 0.667. The van der Waals surface area contributed by atoms with E-state index < -0.39 is 0 Å². The number of likely N-dealkylation sites (tertiary alicyclic amines) is 1. The van der Waals surface area contributed by atoms with E-state index >= 15 is 0 Å². The Morgan fingerprint density at radius 2 is 2.08 bits per heavy atom. The molecule has 0 saturated carbocycles. The topological polar surface area (TPSA) is 56.2 Å². The zero-order valence-corrected chi connectivity index (χ0v) is 15.0. The second-order valence-electron chi connectivity index (χ2n) is 6.70. The van der Waals surface area contributed by atoms with E-state index in [4.69, 9.17) is 4.42 Å². The summed E-state index contributed by atoms with van der Waals surface area (Å²) < 4.78 is 9.18. The van der Waals surface area contributed by atoms with Crippen molar-refractivity contribution in [2.24, 2.45) is 7.05 Å². The minimum atomic E-state index is -0.0140. The van der Waals surface area contributed by atoms with Gasteiger partial charge in [0.25, 0.3) is 0 Å². The first kappa shape index (κ1) is 17.0. The van der Waals surface area contributed by atoms with Gasteiger partial charge in [-0.1, -0.05) is 6.92 Å². The Balaban J connectivity index is 1.70. The van der Waals surface area contributed by atoms with Crippen LogP contribution >= 0.6 is 0 Å². The molecule has 0 amide bonds. The van der Waals surface area contributed by atoms with Gasteiger partial charge in [-0.2, -0.15) is 5.10 Å². The standard InChI is InChI=1S/C18H28N4O2/c1-4-7-15-9-10-16(24-15)13-21-11-6-8-14(12-21)17-19-20(3)18(23)22(17)5-2/h9-10,14H,4-8,11-13H2,1-3H3. The summed E-state index contributed by atoms with van der Waals surface area (Å²) >= 11 is 0. The highest BCUT2D eigenvalue weighted by Crippen LogP contribution is 2.26. The Bertz CT molecular complexity index is 728. The van der Waals surface area contributed by atoms with Crippen molar-refractivity contribution < 1.29 is 4.42 Å². The SMILES string of the molecule is CCCc1ccc(CN2CCCC(c3nn(C)c(=O)n3CC)C2)o1. The molecule has 0 N–H and O–H groups in total. The summed E-state index contributed by atoms with van der Waals surface area (Å²) in [5, 5.41) is 4.49. The summed E-state index contributed by atoms with van der Waals surface area (Å²) in [6.07, 6.45) is 4.32. The van der Waals surface area contributed by atoms with Crippen molar-refractivity contribution in [2.45, 2.75) is 58.5 Å². The number of aryl methyl sites for hydroxylation is 2. The van der Waals surface area contributed by atoms with Crippen molar-refractivity contribution in [1.82, 2.24) is 19.2 Å². The van der Waals surface area contributed by atoms with E-state index in [1.165, 1.54) is 4.68 Å². The van der Waals surface area contributed by atoms with Gasteiger partial charge >= 0.3 is 5.69 Å². The molecule has 0 aromatic carbocycles. The summed E-state index contributed by atoms with van der Waals surface area (Å²) in [6, 6.07) is 4.19. The van der Waals surface area contributed by atoms with E-state index in [9.17, 15) is 4.79 Å². The third kappa shape index (κ3) is 3.48. The Morgan fingerprint density at radius 3 is 2.83 bits per heavy atom. The van der Waals surface area contributed by atoms with Crippen molar-refractivity contribution in [3.05, 3.63) is 40.0 Å². The maximum absolute atomic E-state index is 12.1. The van der Waals surface area contributed by atoms with Gasteiger partial charge < -0.3 is 4.42 Å². The molecule has 0 bridgehead atoms. The Morgan fingerprint density at radius 1 is 1.29 bits per heavy atom. The zero-order valence-electron chi connectivity index (χ0n) is 15.0. The third-order valence-electron chi connectivity index (χ3n) is 4.82. The Labute approximate surface area is 143 Å². The van der Waals surface area contributed by atoms with Gasteiger partial charge in [-0.25, -0.2) is 9.48 Å². The second-order valence-corrected chi connectivity index (χ2v) is 6.70. The summed E-state index contributed by atoms with van der Waals surface area (Å²) in [5.41, 5.74) is -0.0140. The van der Waals surface area contributed by atoms with E-state index in [-0.39, 0.29) is 5.69 Å². The van der Waals surface area contributed by atoms with E-state index in [1.807, 2.05) is 6.92 Å². The monoisotopic (exact) mass is 332 g/mol. The molecule has 0 spiro atoms. The molecule has 3 rings (SSSR count). The van der Waals surface area contributed by atoms with Crippen LogP contribution in [-0.4, -0.2) is 32.3 Å². The first-order chi connectivity index (χ1) is 11.6. The van der Waals surface area contributed by atoms with Crippen LogP contribution in [0.2, 0.25) is 0 Å². The van der Waals surface area contributed by atoms with Crippen molar-refractivity contribution in [1.29, 1.82) is 0 Å². The zero-order chi connectivity index (χ0) is 17.1. The summed E-state index contributed by atoms with van der Waals surface area (Å²) in [4.78, 5) is 14.6. The maximum atomic E-state index is 12.1. The average molecular weight is 332 g/mol. The Hall–Kier alpha value is -1.82. The normalized spacial score (nSPS) is 19.0. The number of nitrogens with zero attached hydrogens (tertiary/aromatic N) is 4. The molecule has 2 aromatic rings. The predicted molar refractivity (Wildman–Crippen MR) is 93.1 cm³/mol. The molecular weight excluding hydrogens is 304 g/mol.